The van der Waals surface area contributed by atoms with Crippen LogP contribution in [-0.2, 0) is 0 Å². The minimum Gasteiger partial charge on any atom is -0.378 e. The van der Waals surface area contributed by atoms with Crippen molar-refractivity contribution in [3.63, 3.8) is 0 Å². The molecule has 1 unspecified atom stereocenters. The van der Waals surface area contributed by atoms with E-state index in [9.17, 15) is 0 Å². The van der Waals surface area contributed by atoms with Gasteiger partial charge in [0, 0.05) is 13.0 Å². The molecular weight excluding hydrogens is 120 g/mol. The third-order valence-corrected chi connectivity index (χ3v) is 1.47. The van der Waals surface area contributed by atoms with Crippen molar-refractivity contribution < 1.29 is 0 Å². The summed E-state index contributed by atoms with van der Waals surface area (Å²) in [5.41, 5.74) is 0. The molecule has 2 nitrogen and oxygen atoms in total. The van der Waals surface area contributed by atoms with Gasteiger partial charge in [0.05, 0.1) is 17.0 Å². The van der Waals surface area contributed by atoms with E-state index in [0.717, 1.165) is 18.0 Å². The smallest absolute Gasteiger partial charge is 0.0767 e. The second-order valence-corrected chi connectivity index (χ2v) is 2.33. The van der Waals surface area contributed by atoms with Crippen molar-refractivity contribution >= 4 is 17.2 Å². The fourth-order valence-electron chi connectivity index (χ4n) is 0.696. The molecule has 3 heteroatoms. The Hall–Kier alpha value is -0.620. The van der Waals surface area contributed by atoms with Crippen molar-refractivity contribution in [1.29, 1.82) is 5.26 Å². The van der Waals surface area contributed by atoms with Crippen LogP contribution >= 0.6 is 12.2 Å². The standard InChI is InChI=1S/C5H6N2S/c6-2-4-1-5(8)7-3-4/h4H,1,3H2,(H,7,8). The van der Waals surface area contributed by atoms with Crippen molar-refractivity contribution in [3.8, 4) is 6.07 Å². The molecule has 1 rings (SSSR count). The van der Waals surface area contributed by atoms with E-state index in [0.29, 0.717) is 0 Å². The Morgan fingerprint density at radius 1 is 1.88 bits per heavy atom. The van der Waals surface area contributed by atoms with Gasteiger partial charge in [-0.15, -0.1) is 0 Å². The molecule has 1 atom stereocenters. The molecule has 1 saturated heterocycles. The third kappa shape index (κ3) is 0.958. The zero-order chi connectivity index (χ0) is 5.98. The number of nitrogens with one attached hydrogen (secondary N) is 1. The van der Waals surface area contributed by atoms with Gasteiger partial charge in [0.15, 0.2) is 0 Å². The van der Waals surface area contributed by atoms with Crippen molar-refractivity contribution in [3.05, 3.63) is 0 Å². The van der Waals surface area contributed by atoms with Crippen LogP contribution in [0.2, 0.25) is 0 Å². The molecule has 1 N–H and O–H groups in total. The Kier molecular flexibility index (Phi) is 1.45. The molecule has 0 saturated carbocycles. The topological polar surface area (TPSA) is 35.8 Å². The van der Waals surface area contributed by atoms with Gasteiger partial charge >= 0.3 is 0 Å². The highest BCUT2D eigenvalue weighted by atomic mass is 32.1. The van der Waals surface area contributed by atoms with Crippen LogP contribution in [0.15, 0.2) is 0 Å². The van der Waals surface area contributed by atoms with Crippen LogP contribution in [-0.4, -0.2) is 11.5 Å². The molecule has 0 aromatic rings. The highest BCUT2D eigenvalue weighted by molar-refractivity contribution is 7.80. The monoisotopic (exact) mass is 126 g/mol. The molecule has 1 heterocycles. The maximum Gasteiger partial charge on any atom is 0.0767 e. The van der Waals surface area contributed by atoms with E-state index in [1.165, 1.54) is 0 Å². The number of thiocarbonyl (C=S) groups is 1. The van der Waals surface area contributed by atoms with Crippen LogP contribution in [0.3, 0.4) is 0 Å². The van der Waals surface area contributed by atoms with Gasteiger partial charge in [-0.2, -0.15) is 5.26 Å². The molecule has 0 aliphatic carbocycles. The van der Waals surface area contributed by atoms with Crippen molar-refractivity contribution in [2.75, 3.05) is 6.54 Å². The zero-order valence-electron chi connectivity index (χ0n) is 4.35. The summed E-state index contributed by atoms with van der Waals surface area (Å²) in [7, 11) is 0. The first-order chi connectivity index (χ1) is 3.83. The molecule has 0 spiro atoms. The Morgan fingerprint density at radius 3 is 2.88 bits per heavy atom. The lowest BCUT2D eigenvalue weighted by molar-refractivity contribution is 0.745. The van der Waals surface area contributed by atoms with Crippen LogP contribution < -0.4 is 5.32 Å². The van der Waals surface area contributed by atoms with E-state index < -0.39 is 0 Å². The highest BCUT2D eigenvalue weighted by Crippen LogP contribution is 2.07. The zero-order valence-corrected chi connectivity index (χ0v) is 5.16. The van der Waals surface area contributed by atoms with Gasteiger partial charge in [-0.05, 0) is 0 Å². The average molecular weight is 126 g/mol. The lowest BCUT2D eigenvalue weighted by Crippen LogP contribution is -2.11. The minimum atomic E-state index is 0.127. The first kappa shape index (κ1) is 5.52. The molecule has 8 heavy (non-hydrogen) atoms. The first-order valence-electron chi connectivity index (χ1n) is 2.49. The second kappa shape index (κ2) is 2.10. The lowest BCUT2D eigenvalue weighted by atomic mass is 10.1. The Morgan fingerprint density at radius 2 is 2.62 bits per heavy atom. The average Bonchev–Trinajstić information content (AvgIpc) is 2.14. The third-order valence-electron chi connectivity index (χ3n) is 1.16. The van der Waals surface area contributed by atoms with Crippen molar-refractivity contribution in [2.45, 2.75) is 6.42 Å². The van der Waals surface area contributed by atoms with Gasteiger partial charge in [-0.25, -0.2) is 0 Å². The summed E-state index contributed by atoms with van der Waals surface area (Å²) < 4.78 is 0. The number of hydrogen-bond donors (Lipinski definition) is 1. The van der Waals surface area contributed by atoms with Crippen LogP contribution in [0.25, 0.3) is 0 Å². The van der Waals surface area contributed by atoms with E-state index in [4.69, 9.17) is 17.5 Å². The van der Waals surface area contributed by atoms with Gasteiger partial charge in [-0.3, -0.25) is 0 Å². The van der Waals surface area contributed by atoms with Gasteiger partial charge in [0.2, 0.25) is 0 Å². The molecule has 0 amide bonds. The molecular formula is C5H6N2S. The summed E-state index contributed by atoms with van der Waals surface area (Å²) in [6, 6.07) is 2.14. The normalized spacial score (nSPS) is 26.9. The summed E-state index contributed by atoms with van der Waals surface area (Å²) in [6.45, 7) is 0.745. The molecule has 42 valence electrons. The van der Waals surface area contributed by atoms with Gasteiger partial charge in [-0.1, -0.05) is 12.2 Å². The molecule has 0 aromatic carbocycles. The fraction of sp³-hybridized carbons (Fsp3) is 0.600. The molecule has 1 fully saturated rings. The van der Waals surface area contributed by atoms with Crippen LogP contribution in [0.1, 0.15) is 6.42 Å². The quantitative estimate of drug-likeness (QED) is 0.478. The maximum atomic E-state index is 8.33. The van der Waals surface area contributed by atoms with Crippen LogP contribution in [0.5, 0.6) is 0 Å². The Balaban J connectivity index is 2.47. The minimum absolute atomic E-state index is 0.127. The number of rotatable bonds is 0. The SMILES string of the molecule is N#CC1CNC(=S)C1. The number of nitrogens with zero attached hydrogens (tertiary/aromatic N) is 1. The Labute approximate surface area is 53.5 Å². The van der Waals surface area contributed by atoms with Crippen molar-refractivity contribution in [1.82, 2.24) is 5.32 Å². The highest BCUT2D eigenvalue weighted by Gasteiger charge is 2.16. The van der Waals surface area contributed by atoms with E-state index in [-0.39, 0.29) is 5.92 Å². The summed E-state index contributed by atoms with van der Waals surface area (Å²) in [5.74, 6) is 0.127. The van der Waals surface area contributed by atoms with Crippen LogP contribution in [0, 0.1) is 17.2 Å². The van der Waals surface area contributed by atoms with Crippen molar-refractivity contribution in [2.24, 2.45) is 5.92 Å². The van der Waals surface area contributed by atoms with E-state index in [1.807, 2.05) is 0 Å². The van der Waals surface area contributed by atoms with E-state index in [2.05, 4.69) is 11.4 Å². The van der Waals surface area contributed by atoms with Gasteiger partial charge in [0.25, 0.3) is 0 Å². The summed E-state index contributed by atoms with van der Waals surface area (Å²) in [5, 5.41) is 11.3. The first-order valence-corrected chi connectivity index (χ1v) is 2.90. The predicted molar refractivity (Wildman–Crippen MR) is 34.3 cm³/mol. The Bertz CT molecular complexity index is 147. The lowest BCUT2D eigenvalue weighted by Gasteiger charge is -1.86. The van der Waals surface area contributed by atoms with E-state index >= 15 is 0 Å². The molecule has 0 radical (unpaired) electrons. The summed E-state index contributed by atoms with van der Waals surface area (Å²) in [4.78, 5) is 0.830. The molecule has 1 aliphatic rings. The largest absolute Gasteiger partial charge is 0.378 e. The number of nitriles is 1. The fourth-order valence-corrected chi connectivity index (χ4v) is 0.981. The van der Waals surface area contributed by atoms with Gasteiger partial charge < -0.3 is 5.32 Å². The summed E-state index contributed by atoms with van der Waals surface area (Å²) >= 11 is 4.80. The summed E-state index contributed by atoms with van der Waals surface area (Å²) in [6.07, 6.45) is 0.756. The van der Waals surface area contributed by atoms with Gasteiger partial charge in [0.1, 0.15) is 0 Å². The molecule has 0 aromatic heterocycles. The molecule has 1 aliphatic heterocycles. The predicted octanol–water partition coefficient (Wildman–Crippen LogP) is 0.447. The van der Waals surface area contributed by atoms with E-state index in [1.54, 1.807) is 0 Å². The molecule has 0 bridgehead atoms. The van der Waals surface area contributed by atoms with Crippen LogP contribution in [0.4, 0.5) is 0 Å². The number of hydrogen-bond acceptors (Lipinski definition) is 2. The maximum absolute atomic E-state index is 8.33. The second-order valence-electron chi connectivity index (χ2n) is 1.83.